The molecule has 0 bridgehead atoms. The molecule has 148 valence electrons. The molecule has 0 aliphatic rings. The summed E-state index contributed by atoms with van der Waals surface area (Å²) < 4.78 is 10.7. The van der Waals surface area contributed by atoms with Crippen LogP contribution in [0.3, 0.4) is 0 Å². The van der Waals surface area contributed by atoms with E-state index in [0.29, 0.717) is 33.5 Å². The summed E-state index contributed by atoms with van der Waals surface area (Å²) in [6.45, 7) is -0.179. The number of benzene rings is 3. The van der Waals surface area contributed by atoms with Gasteiger partial charge in [-0.05, 0) is 54.6 Å². The van der Waals surface area contributed by atoms with Crippen molar-refractivity contribution in [1.29, 1.82) is 0 Å². The second-order valence-electron chi connectivity index (χ2n) is 6.03. The van der Waals surface area contributed by atoms with Gasteiger partial charge in [0.05, 0.1) is 7.11 Å². The molecule has 3 aromatic carbocycles. The van der Waals surface area contributed by atoms with E-state index in [9.17, 15) is 9.59 Å². The lowest BCUT2D eigenvalue weighted by molar-refractivity contribution is -0.118. The summed E-state index contributed by atoms with van der Waals surface area (Å²) in [5, 5.41) is 6.08. The first kappa shape index (κ1) is 20.2. The molecule has 0 spiro atoms. The Bertz CT molecular complexity index is 1010. The summed E-state index contributed by atoms with van der Waals surface area (Å²) in [7, 11) is 1.53. The average molecular weight is 411 g/mol. The highest BCUT2D eigenvalue weighted by Gasteiger charge is 2.09. The maximum absolute atomic E-state index is 12.3. The average Bonchev–Trinajstić information content (AvgIpc) is 2.73. The third-order valence-corrected chi connectivity index (χ3v) is 4.19. The van der Waals surface area contributed by atoms with E-state index in [1.807, 2.05) is 6.07 Å². The summed E-state index contributed by atoms with van der Waals surface area (Å²) in [6, 6.07) is 20.5. The number of halogens is 1. The molecule has 0 aromatic heterocycles. The van der Waals surface area contributed by atoms with Gasteiger partial charge in [-0.2, -0.15) is 0 Å². The van der Waals surface area contributed by atoms with Gasteiger partial charge in [0.15, 0.2) is 18.1 Å². The number of ether oxygens (including phenoxy) is 2. The Kier molecular flexibility index (Phi) is 6.71. The lowest BCUT2D eigenvalue weighted by Gasteiger charge is -2.11. The fourth-order valence-electron chi connectivity index (χ4n) is 2.56. The quantitative estimate of drug-likeness (QED) is 0.596. The van der Waals surface area contributed by atoms with Gasteiger partial charge in [0, 0.05) is 22.0 Å². The fourth-order valence-corrected chi connectivity index (χ4v) is 2.68. The second-order valence-corrected chi connectivity index (χ2v) is 6.47. The number of methoxy groups -OCH3 is 1. The van der Waals surface area contributed by atoms with Crippen LogP contribution in [-0.2, 0) is 4.79 Å². The molecule has 0 atom stereocenters. The van der Waals surface area contributed by atoms with Crippen molar-refractivity contribution in [2.75, 3.05) is 24.4 Å². The van der Waals surface area contributed by atoms with E-state index >= 15 is 0 Å². The standard InChI is InChI=1S/C22H19ClN2O4/c1-28-19-7-2-3-8-20(19)29-14-21(26)24-17-5-4-6-18(13-17)25-22(27)15-9-11-16(23)12-10-15/h2-13H,14H2,1H3,(H,24,26)(H,25,27). The molecule has 0 heterocycles. The molecule has 0 saturated heterocycles. The van der Waals surface area contributed by atoms with Gasteiger partial charge in [-0.25, -0.2) is 0 Å². The van der Waals surface area contributed by atoms with Crippen molar-refractivity contribution in [2.24, 2.45) is 0 Å². The van der Waals surface area contributed by atoms with E-state index in [0.717, 1.165) is 0 Å². The molecule has 29 heavy (non-hydrogen) atoms. The minimum atomic E-state index is -0.336. The predicted octanol–water partition coefficient (Wildman–Crippen LogP) is 4.62. The Morgan fingerprint density at radius 1 is 0.862 bits per heavy atom. The first-order valence-electron chi connectivity index (χ1n) is 8.78. The highest BCUT2D eigenvalue weighted by molar-refractivity contribution is 6.30. The predicted molar refractivity (Wildman–Crippen MR) is 113 cm³/mol. The Hall–Kier alpha value is -3.51. The van der Waals surface area contributed by atoms with E-state index in [1.54, 1.807) is 66.7 Å². The fraction of sp³-hybridized carbons (Fsp3) is 0.0909. The number of rotatable bonds is 7. The van der Waals surface area contributed by atoms with E-state index in [2.05, 4.69) is 10.6 Å². The normalized spacial score (nSPS) is 10.1. The Morgan fingerprint density at radius 2 is 1.52 bits per heavy atom. The van der Waals surface area contributed by atoms with Gasteiger partial charge in [0.25, 0.3) is 11.8 Å². The molecule has 3 rings (SSSR count). The van der Waals surface area contributed by atoms with Crippen molar-refractivity contribution in [3.8, 4) is 11.5 Å². The van der Waals surface area contributed by atoms with Gasteiger partial charge in [0.1, 0.15) is 0 Å². The number of nitrogens with one attached hydrogen (secondary N) is 2. The maximum atomic E-state index is 12.3. The molecule has 7 heteroatoms. The number of anilines is 2. The third kappa shape index (κ3) is 5.73. The van der Waals surface area contributed by atoms with Crippen LogP contribution in [0.25, 0.3) is 0 Å². The van der Waals surface area contributed by atoms with Gasteiger partial charge in [-0.1, -0.05) is 29.8 Å². The molecule has 0 aliphatic heterocycles. The topological polar surface area (TPSA) is 76.7 Å². The molecule has 0 unspecified atom stereocenters. The summed E-state index contributed by atoms with van der Waals surface area (Å²) in [5.74, 6) is 0.420. The zero-order valence-corrected chi connectivity index (χ0v) is 16.4. The number of carbonyl (C=O) groups excluding carboxylic acids is 2. The van der Waals surface area contributed by atoms with Crippen LogP contribution in [0, 0.1) is 0 Å². The van der Waals surface area contributed by atoms with E-state index < -0.39 is 0 Å². The van der Waals surface area contributed by atoms with Crippen LogP contribution in [0.15, 0.2) is 72.8 Å². The van der Waals surface area contributed by atoms with Crippen LogP contribution in [0.1, 0.15) is 10.4 Å². The van der Waals surface area contributed by atoms with Crippen molar-refractivity contribution in [2.45, 2.75) is 0 Å². The lowest BCUT2D eigenvalue weighted by atomic mass is 10.2. The van der Waals surface area contributed by atoms with E-state index in [1.165, 1.54) is 7.11 Å². The van der Waals surface area contributed by atoms with Crippen molar-refractivity contribution in [3.05, 3.63) is 83.4 Å². The highest BCUT2D eigenvalue weighted by atomic mass is 35.5. The van der Waals surface area contributed by atoms with Crippen molar-refractivity contribution in [3.63, 3.8) is 0 Å². The molecule has 0 radical (unpaired) electrons. The number of amides is 2. The molecule has 0 fully saturated rings. The largest absolute Gasteiger partial charge is 0.493 e. The monoisotopic (exact) mass is 410 g/mol. The number of hydrogen-bond acceptors (Lipinski definition) is 4. The zero-order chi connectivity index (χ0) is 20.6. The Balaban J connectivity index is 1.58. The Labute approximate surface area is 173 Å². The third-order valence-electron chi connectivity index (χ3n) is 3.94. The smallest absolute Gasteiger partial charge is 0.262 e. The molecule has 3 aromatic rings. The SMILES string of the molecule is COc1ccccc1OCC(=O)Nc1cccc(NC(=O)c2ccc(Cl)cc2)c1. The molecule has 2 amide bonds. The first-order valence-corrected chi connectivity index (χ1v) is 9.15. The first-order chi connectivity index (χ1) is 14.0. The van der Waals surface area contributed by atoms with E-state index in [-0.39, 0.29) is 18.4 Å². The molecular weight excluding hydrogens is 392 g/mol. The molecule has 2 N–H and O–H groups in total. The minimum Gasteiger partial charge on any atom is -0.493 e. The van der Waals surface area contributed by atoms with Crippen LogP contribution in [0.5, 0.6) is 11.5 Å². The summed E-state index contributed by atoms with van der Waals surface area (Å²) in [4.78, 5) is 24.5. The van der Waals surface area contributed by atoms with Crippen molar-refractivity contribution >= 4 is 34.8 Å². The van der Waals surface area contributed by atoms with Crippen LogP contribution < -0.4 is 20.1 Å². The zero-order valence-electron chi connectivity index (χ0n) is 15.6. The second kappa shape index (κ2) is 9.61. The van der Waals surface area contributed by atoms with Gasteiger partial charge < -0.3 is 20.1 Å². The van der Waals surface area contributed by atoms with Gasteiger partial charge in [0.2, 0.25) is 0 Å². The van der Waals surface area contributed by atoms with Crippen LogP contribution in [0.2, 0.25) is 5.02 Å². The number of carbonyl (C=O) groups is 2. The van der Waals surface area contributed by atoms with Gasteiger partial charge in [-0.3, -0.25) is 9.59 Å². The van der Waals surface area contributed by atoms with Crippen LogP contribution in [-0.4, -0.2) is 25.5 Å². The van der Waals surface area contributed by atoms with Crippen LogP contribution in [0.4, 0.5) is 11.4 Å². The van der Waals surface area contributed by atoms with Crippen molar-refractivity contribution < 1.29 is 19.1 Å². The molecule has 6 nitrogen and oxygen atoms in total. The summed E-state index contributed by atoms with van der Waals surface area (Å²) >= 11 is 5.84. The summed E-state index contributed by atoms with van der Waals surface area (Å²) in [6.07, 6.45) is 0. The highest BCUT2D eigenvalue weighted by Crippen LogP contribution is 2.25. The lowest BCUT2D eigenvalue weighted by Crippen LogP contribution is -2.20. The molecular formula is C22H19ClN2O4. The minimum absolute atomic E-state index is 0.179. The van der Waals surface area contributed by atoms with Gasteiger partial charge >= 0.3 is 0 Å². The molecule has 0 saturated carbocycles. The Morgan fingerprint density at radius 3 is 2.21 bits per heavy atom. The van der Waals surface area contributed by atoms with Crippen molar-refractivity contribution in [1.82, 2.24) is 0 Å². The summed E-state index contributed by atoms with van der Waals surface area (Å²) in [5.41, 5.74) is 1.56. The number of hydrogen-bond donors (Lipinski definition) is 2. The molecule has 0 aliphatic carbocycles. The van der Waals surface area contributed by atoms with E-state index in [4.69, 9.17) is 21.1 Å². The van der Waals surface area contributed by atoms with Crippen LogP contribution >= 0.6 is 11.6 Å². The van der Waals surface area contributed by atoms with Gasteiger partial charge in [-0.15, -0.1) is 0 Å². The maximum Gasteiger partial charge on any atom is 0.262 e. The number of para-hydroxylation sites is 2.